The highest BCUT2D eigenvalue weighted by molar-refractivity contribution is 5.84. The Kier molecular flexibility index (Phi) is 7.00. The van der Waals surface area contributed by atoms with Crippen molar-refractivity contribution < 1.29 is 28.6 Å². The monoisotopic (exact) mass is 260 g/mol. The molecule has 0 N–H and O–H groups in total. The van der Waals surface area contributed by atoms with E-state index in [1.54, 1.807) is 20.8 Å². The van der Waals surface area contributed by atoms with E-state index in [0.717, 1.165) is 0 Å². The Morgan fingerprint density at radius 3 is 2.11 bits per heavy atom. The highest BCUT2D eigenvalue weighted by Gasteiger charge is 2.36. The fourth-order valence-electron chi connectivity index (χ4n) is 1.23. The summed E-state index contributed by atoms with van der Waals surface area (Å²) in [7, 11) is 1.25. The first kappa shape index (κ1) is 16.4. The number of hydrogen-bond donors (Lipinski definition) is 0. The lowest BCUT2D eigenvalue weighted by molar-refractivity contribution is -0.167. The molecule has 0 aromatic rings. The fourth-order valence-corrected chi connectivity index (χ4v) is 1.23. The second kappa shape index (κ2) is 7.68. The van der Waals surface area contributed by atoms with Crippen LogP contribution < -0.4 is 0 Å². The van der Waals surface area contributed by atoms with Crippen molar-refractivity contribution in [3.63, 3.8) is 0 Å². The van der Waals surface area contributed by atoms with Crippen molar-refractivity contribution in [3.05, 3.63) is 0 Å². The van der Waals surface area contributed by atoms with Crippen molar-refractivity contribution in [3.8, 4) is 0 Å². The molecule has 6 nitrogen and oxygen atoms in total. The Hall–Kier alpha value is -1.59. The van der Waals surface area contributed by atoms with Gasteiger partial charge in [-0.2, -0.15) is 0 Å². The van der Waals surface area contributed by atoms with Crippen LogP contribution in [-0.4, -0.2) is 38.2 Å². The van der Waals surface area contributed by atoms with Gasteiger partial charge in [-0.05, 0) is 20.3 Å². The van der Waals surface area contributed by atoms with Crippen LogP contribution in [0.3, 0.4) is 0 Å². The van der Waals surface area contributed by atoms with Gasteiger partial charge >= 0.3 is 17.9 Å². The first-order valence-electron chi connectivity index (χ1n) is 5.79. The molecule has 0 radical (unpaired) electrons. The molecule has 0 bridgehead atoms. The van der Waals surface area contributed by atoms with E-state index in [-0.39, 0.29) is 13.0 Å². The van der Waals surface area contributed by atoms with Gasteiger partial charge in [0.25, 0.3) is 0 Å². The Morgan fingerprint density at radius 2 is 1.67 bits per heavy atom. The van der Waals surface area contributed by atoms with Gasteiger partial charge in [0.1, 0.15) is 0 Å². The third-order valence-electron chi connectivity index (χ3n) is 2.66. The molecule has 104 valence electrons. The van der Waals surface area contributed by atoms with E-state index < -0.39 is 29.9 Å². The van der Waals surface area contributed by atoms with E-state index in [9.17, 15) is 14.4 Å². The van der Waals surface area contributed by atoms with E-state index in [1.807, 2.05) is 0 Å². The molecule has 0 aliphatic heterocycles. The Morgan fingerprint density at radius 1 is 1.06 bits per heavy atom. The van der Waals surface area contributed by atoms with Gasteiger partial charge in [-0.3, -0.25) is 9.59 Å². The number of carbonyl (C=O) groups is 3. The van der Waals surface area contributed by atoms with Gasteiger partial charge in [0.15, 0.2) is 6.61 Å². The first-order chi connectivity index (χ1) is 8.39. The fraction of sp³-hybridized carbons (Fsp3) is 0.750. The smallest absolute Gasteiger partial charge is 0.344 e. The average molecular weight is 260 g/mol. The van der Waals surface area contributed by atoms with Gasteiger partial charge in [0, 0.05) is 0 Å². The van der Waals surface area contributed by atoms with Crippen LogP contribution in [0.1, 0.15) is 33.6 Å². The molecular weight excluding hydrogens is 240 g/mol. The Bertz CT molecular complexity index is 312. The van der Waals surface area contributed by atoms with E-state index in [1.165, 1.54) is 7.11 Å². The van der Waals surface area contributed by atoms with E-state index in [0.29, 0.717) is 6.42 Å². The number of hydrogen-bond acceptors (Lipinski definition) is 6. The molecule has 0 spiro atoms. The molecular formula is C12H20O6. The summed E-state index contributed by atoms with van der Waals surface area (Å²) >= 11 is 0. The van der Waals surface area contributed by atoms with Crippen LogP contribution in [0.15, 0.2) is 0 Å². The number of esters is 3. The summed E-state index contributed by atoms with van der Waals surface area (Å²) < 4.78 is 14.0. The van der Waals surface area contributed by atoms with Crippen LogP contribution in [0.2, 0.25) is 0 Å². The predicted molar refractivity (Wildman–Crippen MR) is 62.6 cm³/mol. The molecule has 0 aromatic heterocycles. The number of carbonyl (C=O) groups excluding carboxylic acids is 3. The van der Waals surface area contributed by atoms with Gasteiger partial charge in [-0.25, -0.2) is 4.79 Å². The van der Waals surface area contributed by atoms with Gasteiger partial charge < -0.3 is 14.2 Å². The number of ether oxygens (including phenoxy) is 3. The normalized spacial score (nSPS) is 13.3. The Balaban J connectivity index is 4.42. The molecule has 0 fully saturated rings. The van der Waals surface area contributed by atoms with Crippen LogP contribution in [-0.2, 0) is 28.6 Å². The summed E-state index contributed by atoms with van der Waals surface area (Å²) in [5.74, 6) is -1.71. The molecule has 0 rings (SSSR count). The van der Waals surface area contributed by atoms with Crippen molar-refractivity contribution in [2.24, 2.45) is 5.41 Å². The molecule has 0 saturated heterocycles. The zero-order chi connectivity index (χ0) is 14.2. The summed E-state index contributed by atoms with van der Waals surface area (Å²) in [6.45, 7) is 4.80. The molecule has 1 unspecified atom stereocenters. The zero-order valence-corrected chi connectivity index (χ0v) is 11.3. The van der Waals surface area contributed by atoms with Crippen LogP contribution in [0.4, 0.5) is 0 Å². The molecule has 0 heterocycles. The third kappa shape index (κ3) is 5.16. The molecule has 0 aliphatic rings. The lowest BCUT2D eigenvalue weighted by Gasteiger charge is -2.24. The van der Waals surface area contributed by atoms with E-state index in [2.05, 4.69) is 9.47 Å². The molecule has 6 heteroatoms. The highest BCUT2D eigenvalue weighted by atomic mass is 16.6. The number of methoxy groups -OCH3 is 1. The van der Waals surface area contributed by atoms with Crippen molar-refractivity contribution in [1.29, 1.82) is 0 Å². The van der Waals surface area contributed by atoms with E-state index >= 15 is 0 Å². The standard InChI is InChI=1S/C12H20O6/c1-5-12(3,7-9(13)16-4)11(15)18-8-10(14)17-6-2/h5-8H2,1-4H3. The van der Waals surface area contributed by atoms with Crippen molar-refractivity contribution >= 4 is 17.9 Å². The predicted octanol–water partition coefficient (Wildman–Crippen LogP) is 1.07. The second-order valence-corrected chi connectivity index (χ2v) is 4.05. The zero-order valence-electron chi connectivity index (χ0n) is 11.3. The Labute approximate surface area is 107 Å². The molecule has 0 amide bonds. The van der Waals surface area contributed by atoms with Crippen molar-refractivity contribution in [1.82, 2.24) is 0 Å². The lowest BCUT2D eigenvalue weighted by Crippen LogP contribution is -2.33. The minimum Gasteiger partial charge on any atom is -0.469 e. The van der Waals surface area contributed by atoms with Crippen LogP contribution in [0.25, 0.3) is 0 Å². The first-order valence-corrected chi connectivity index (χ1v) is 5.79. The third-order valence-corrected chi connectivity index (χ3v) is 2.66. The lowest BCUT2D eigenvalue weighted by atomic mass is 9.84. The summed E-state index contributed by atoms with van der Waals surface area (Å²) in [5, 5.41) is 0. The molecule has 0 saturated carbocycles. The largest absolute Gasteiger partial charge is 0.469 e. The summed E-state index contributed by atoms with van der Waals surface area (Å²) in [6.07, 6.45) is 0.325. The SMILES string of the molecule is CCOC(=O)COC(=O)C(C)(CC)CC(=O)OC. The summed E-state index contributed by atoms with van der Waals surface area (Å²) in [5.41, 5.74) is -0.987. The van der Waals surface area contributed by atoms with Gasteiger partial charge in [0.2, 0.25) is 0 Å². The van der Waals surface area contributed by atoms with Crippen LogP contribution in [0, 0.1) is 5.41 Å². The summed E-state index contributed by atoms with van der Waals surface area (Å²) in [4.78, 5) is 34.1. The summed E-state index contributed by atoms with van der Waals surface area (Å²) in [6, 6.07) is 0. The minimum atomic E-state index is -0.987. The van der Waals surface area contributed by atoms with Crippen LogP contribution in [0.5, 0.6) is 0 Å². The number of rotatable bonds is 7. The van der Waals surface area contributed by atoms with Crippen LogP contribution >= 0.6 is 0 Å². The van der Waals surface area contributed by atoms with Gasteiger partial charge in [-0.15, -0.1) is 0 Å². The molecule has 0 aromatic carbocycles. The molecule has 18 heavy (non-hydrogen) atoms. The minimum absolute atomic E-state index is 0.0817. The average Bonchev–Trinajstić information content (AvgIpc) is 2.35. The van der Waals surface area contributed by atoms with Gasteiger partial charge in [-0.1, -0.05) is 6.92 Å². The quantitative estimate of drug-likeness (QED) is 0.503. The molecule has 0 aliphatic carbocycles. The molecule has 1 atom stereocenters. The maximum absolute atomic E-state index is 11.8. The maximum atomic E-state index is 11.8. The van der Waals surface area contributed by atoms with Crippen molar-refractivity contribution in [2.75, 3.05) is 20.3 Å². The maximum Gasteiger partial charge on any atom is 0.344 e. The van der Waals surface area contributed by atoms with Gasteiger partial charge in [0.05, 0.1) is 25.6 Å². The second-order valence-electron chi connectivity index (χ2n) is 4.05. The van der Waals surface area contributed by atoms with Crippen molar-refractivity contribution in [2.45, 2.75) is 33.6 Å². The van der Waals surface area contributed by atoms with E-state index in [4.69, 9.17) is 4.74 Å². The topological polar surface area (TPSA) is 78.9 Å². The highest BCUT2D eigenvalue weighted by Crippen LogP contribution is 2.28.